The van der Waals surface area contributed by atoms with Crippen LogP contribution >= 0.6 is 0 Å². The number of carbonyl (C=O) groups excluding carboxylic acids is 1. The zero-order chi connectivity index (χ0) is 15.5. The van der Waals surface area contributed by atoms with E-state index in [2.05, 4.69) is 5.32 Å². The van der Waals surface area contributed by atoms with E-state index in [4.69, 9.17) is 0 Å². The Bertz CT molecular complexity index is 504. The summed E-state index contributed by atoms with van der Waals surface area (Å²) < 4.78 is 0. The van der Waals surface area contributed by atoms with Gasteiger partial charge in [0.2, 0.25) is 5.91 Å². The SMILES string of the molecule is CC(C)[C@H](NC(=O)C1(c2ccccc2)CCCC1)C(=O)O. The van der Waals surface area contributed by atoms with Crippen molar-refractivity contribution in [3.63, 3.8) is 0 Å². The number of carbonyl (C=O) groups is 2. The summed E-state index contributed by atoms with van der Waals surface area (Å²) in [4.78, 5) is 24.1. The molecule has 4 heteroatoms. The topological polar surface area (TPSA) is 66.4 Å². The Hall–Kier alpha value is -1.84. The Morgan fingerprint density at radius 2 is 1.71 bits per heavy atom. The summed E-state index contributed by atoms with van der Waals surface area (Å²) in [6.45, 7) is 3.62. The molecule has 2 N–H and O–H groups in total. The molecule has 0 heterocycles. The van der Waals surface area contributed by atoms with E-state index >= 15 is 0 Å². The maximum atomic E-state index is 12.8. The van der Waals surface area contributed by atoms with Crippen LogP contribution in [0.15, 0.2) is 30.3 Å². The second-order valence-electron chi connectivity index (χ2n) is 6.19. The summed E-state index contributed by atoms with van der Waals surface area (Å²) in [5.74, 6) is -1.26. The smallest absolute Gasteiger partial charge is 0.326 e. The van der Waals surface area contributed by atoms with Gasteiger partial charge in [-0.15, -0.1) is 0 Å². The van der Waals surface area contributed by atoms with Crippen molar-refractivity contribution in [3.05, 3.63) is 35.9 Å². The molecule has 0 unspecified atom stereocenters. The standard InChI is InChI=1S/C17H23NO3/c1-12(2)14(15(19)20)18-16(21)17(10-6-7-11-17)13-8-4-3-5-9-13/h3-5,8-9,12,14H,6-7,10-11H2,1-2H3,(H,18,21)(H,19,20)/t14-/m0/s1. The van der Waals surface area contributed by atoms with Crippen molar-refractivity contribution >= 4 is 11.9 Å². The first-order valence-electron chi connectivity index (χ1n) is 7.57. The third kappa shape index (κ3) is 3.09. The molecule has 0 spiro atoms. The van der Waals surface area contributed by atoms with Gasteiger partial charge in [-0.25, -0.2) is 4.79 Å². The van der Waals surface area contributed by atoms with Crippen LogP contribution in [0.4, 0.5) is 0 Å². The highest BCUT2D eigenvalue weighted by Gasteiger charge is 2.44. The molecule has 1 aliphatic rings. The van der Waals surface area contributed by atoms with Gasteiger partial charge in [-0.05, 0) is 24.3 Å². The van der Waals surface area contributed by atoms with Crippen LogP contribution in [0.3, 0.4) is 0 Å². The third-order valence-corrected chi connectivity index (χ3v) is 4.44. The minimum absolute atomic E-state index is 0.138. The molecule has 1 aromatic carbocycles. The quantitative estimate of drug-likeness (QED) is 0.876. The second-order valence-corrected chi connectivity index (χ2v) is 6.19. The van der Waals surface area contributed by atoms with E-state index in [9.17, 15) is 14.7 Å². The van der Waals surface area contributed by atoms with Crippen LogP contribution in [0.1, 0.15) is 45.1 Å². The average molecular weight is 289 g/mol. The van der Waals surface area contributed by atoms with Gasteiger partial charge in [0.05, 0.1) is 5.41 Å². The highest BCUT2D eigenvalue weighted by molar-refractivity contribution is 5.91. The van der Waals surface area contributed by atoms with Crippen molar-refractivity contribution in [1.29, 1.82) is 0 Å². The molecular weight excluding hydrogens is 266 g/mol. The summed E-state index contributed by atoms with van der Waals surface area (Å²) in [5, 5.41) is 12.0. The molecule has 4 nitrogen and oxygen atoms in total. The van der Waals surface area contributed by atoms with Crippen LogP contribution in [-0.4, -0.2) is 23.0 Å². The largest absolute Gasteiger partial charge is 0.480 e. The third-order valence-electron chi connectivity index (χ3n) is 4.44. The normalized spacial score (nSPS) is 18.4. The molecule has 0 bridgehead atoms. The van der Waals surface area contributed by atoms with Crippen LogP contribution in [0, 0.1) is 5.92 Å². The Kier molecular flexibility index (Phi) is 4.66. The molecular formula is C17H23NO3. The van der Waals surface area contributed by atoms with E-state index in [0.29, 0.717) is 0 Å². The monoisotopic (exact) mass is 289 g/mol. The zero-order valence-corrected chi connectivity index (χ0v) is 12.6. The van der Waals surface area contributed by atoms with Crippen molar-refractivity contribution in [2.45, 2.75) is 51.0 Å². The summed E-state index contributed by atoms with van der Waals surface area (Å²) in [5.41, 5.74) is 0.428. The van der Waals surface area contributed by atoms with E-state index in [-0.39, 0.29) is 11.8 Å². The predicted molar refractivity (Wildman–Crippen MR) is 81.0 cm³/mol. The van der Waals surface area contributed by atoms with Gasteiger partial charge in [0, 0.05) is 0 Å². The second kappa shape index (κ2) is 6.29. The molecule has 1 fully saturated rings. The van der Waals surface area contributed by atoms with Gasteiger partial charge in [0.15, 0.2) is 0 Å². The van der Waals surface area contributed by atoms with Gasteiger partial charge in [0.1, 0.15) is 6.04 Å². The predicted octanol–water partition coefficient (Wildman–Crippen LogP) is 2.72. The summed E-state index contributed by atoms with van der Waals surface area (Å²) >= 11 is 0. The molecule has 1 atom stereocenters. The Morgan fingerprint density at radius 1 is 1.14 bits per heavy atom. The van der Waals surface area contributed by atoms with E-state index < -0.39 is 17.4 Å². The van der Waals surface area contributed by atoms with Gasteiger partial charge in [0.25, 0.3) is 0 Å². The van der Waals surface area contributed by atoms with Gasteiger partial charge >= 0.3 is 5.97 Å². The Balaban J connectivity index is 2.27. The summed E-state index contributed by atoms with van der Waals surface area (Å²) in [6.07, 6.45) is 3.57. The molecule has 21 heavy (non-hydrogen) atoms. The number of hydrogen-bond donors (Lipinski definition) is 2. The van der Waals surface area contributed by atoms with Crippen molar-refractivity contribution in [1.82, 2.24) is 5.32 Å². The van der Waals surface area contributed by atoms with E-state index in [1.54, 1.807) is 0 Å². The lowest BCUT2D eigenvalue weighted by atomic mass is 9.77. The van der Waals surface area contributed by atoms with Crippen LogP contribution < -0.4 is 5.32 Å². The van der Waals surface area contributed by atoms with Crippen molar-refractivity contribution < 1.29 is 14.7 Å². The molecule has 0 saturated heterocycles. The maximum absolute atomic E-state index is 12.8. The lowest BCUT2D eigenvalue weighted by Crippen LogP contribution is -2.51. The van der Waals surface area contributed by atoms with Gasteiger partial charge in [-0.3, -0.25) is 4.79 Å². The zero-order valence-electron chi connectivity index (χ0n) is 12.6. The van der Waals surface area contributed by atoms with E-state index in [1.165, 1.54) is 0 Å². The molecule has 1 saturated carbocycles. The lowest BCUT2D eigenvalue weighted by molar-refractivity contribution is -0.144. The highest BCUT2D eigenvalue weighted by atomic mass is 16.4. The first-order valence-corrected chi connectivity index (χ1v) is 7.57. The number of amides is 1. The highest BCUT2D eigenvalue weighted by Crippen LogP contribution is 2.41. The fraction of sp³-hybridized carbons (Fsp3) is 0.529. The van der Waals surface area contributed by atoms with E-state index in [0.717, 1.165) is 31.2 Å². The average Bonchev–Trinajstić information content (AvgIpc) is 2.95. The molecule has 0 radical (unpaired) electrons. The van der Waals surface area contributed by atoms with Crippen molar-refractivity contribution in [3.8, 4) is 0 Å². The number of carboxylic acid groups (broad SMARTS) is 1. The number of aliphatic carboxylic acids is 1. The van der Waals surface area contributed by atoms with E-state index in [1.807, 2.05) is 44.2 Å². The number of rotatable bonds is 5. The van der Waals surface area contributed by atoms with Gasteiger partial charge in [-0.2, -0.15) is 0 Å². The maximum Gasteiger partial charge on any atom is 0.326 e. The van der Waals surface area contributed by atoms with Crippen LogP contribution in [0.2, 0.25) is 0 Å². The Morgan fingerprint density at radius 3 is 2.19 bits per heavy atom. The van der Waals surface area contributed by atoms with Crippen molar-refractivity contribution in [2.24, 2.45) is 5.92 Å². The van der Waals surface area contributed by atoms with Crippen molar-refractivity contribution in [2.75, 3.05) is 0 Å². The first-order chi connectivity index (χ1) is 9.97. The fourth-order valence-electron chi connectivity index (χ4n) is 3.18. The summed E-state index contributed by atoms with van der Waals surface area (Å²) in [7, 11) is 0. The van der Waals surface area contributed by atoms with Crippen LogP contribution in [0.25, 0.3) is 0 Å². The molecule has 0 aliphatic heterocycles. The molecule has 114 valence electrons. The molecule has 0 aromatic heterocycles. The minimum Gasteiger partial charge on any atom is -0.480 e. The van der Waals surface area contributed by atoms with Gasteiger partial charge in [-0.1, -0.05) is 57.0 Å². The summed E-state index contributed by atoms with van der Waals surface area (Å²) in [6, 6.07) is 8.89. The lowest BCUT2D eigenvalue weighted by Gasteiger charge is -2.30. The molecule has 1 aromatic rings. The Labute approximate surface area is 125 Å². The number of hydrogen-bond acceptors (Lipinski definition) is 2. The number of carboxylic acids is 1. The molecule has 1 amide bonds. The van der Waals surface area contributed by atoms with Crippen LogP contribution in [0.5, 0.6) is 0 Å². The first kappa shape index (κ1) is 15.5. The molecule has 1 aliphatic carbocycles. The van der Waals surface area contributed by atoms with Crippen LogP contribution in [-0.2, 0) is 15.0 Å². The molecule has 2 rings (SSSR count). The van der Waals surface area contributed by atoms with Gasteiger partial charge < -0.3 is 10.4 Å². The minimum atomic E-state index is -0.973. The number of benzene rings is 1. The number of nitrogens with one attached hydrogen (secondary N) is 1. The fourth-order valence-corrected chi connectivity index (χ4v) is 3.18.